The van der Waals surface area contributed by atoms with E-state index in [1.54, 1.807) is 0 Å². The lowest BCUT2D eigenvalue weighted by Gasteiger charge is -2.18. The van der Waals surface area contributed by atoms with Crippen molar-refractivity contribution in [1.82, 2.24) is 0 Å². The first-order valence-electron chi connectivity index (χ1n) is 26.3. The lowest BCUT2D eigenvalue weighted by atomic mass is 10.1. The van der Waals surface area contributed by atoms with E-state index in [0.717, 1.165) is 122 Å². The molecule has 64 heavy (non-hydrogen) atoms. The second-order valence-corrected chi connectivity index (χ2v) is 17.0. The van der Waals surface area contributed by atoms with Crippen LogP contribution in [0.4, 0.5) is 0 Å². The summed E-state index contributed by atoms with van der Waals surface area (Å²) in [5.74, 6) is -0.925. The van der Waals surface area contributed by atoms with Crippen molar-refractivity contribution in [1.29, 1.82) is 0 Å². The number of unbranched alkanes of at least 4 members (excludes halogenated alkanes) is 21. The quantitative estimate of drug-likeness (QED) is 0.0199. The van der Waals surface area contributed by atoms with Crippen LogP contribution in [0.2, 0.25) is 0 Å². The number of ether oxygens (including phenoxy) is 3. The fourth-order valence-corrected chi connectivity index (χ4v) is 7.02. The van der Waals surface area contributed by atoms with Crippen molar-refractivity contribution in [3.8, 4) is 0 Å². The summed E-state index contributed by atoms with van der Waals surface area (Å²) >= 11 is 0. The van der Waals surface area contributed by atoms with E-state index in [1.165, 1.54) is 70.6 Å². The molecule has 0 heterocycles. The van der Waals surface area contributed by atoms with E-state index in [-0.39, 0.29) is 31.1 Å². The number of esters is 3. The van der Waals surface area contributed by atoms with Crippen LogP contribution in [0.15, 0.2) is 97.2 Å². The molecule has 0 fully saturated rings. The molecule has 364 valence electrons. The van der Waals surface area contributed by atoms with Gasteiger partial charge in [0, 0.05) is 19.3 Å². The first kappa shape index (κ1) is 60.3. The van der Waals surface area contributed by atoms with E-state index in [2.05, 4.69) is 118 Å². The second-order valence-electron chi connectivity index (χ2n) is 17.0. The number of carbonyl (C=O) groups is 3. The highest BCUT2D eigenvalue weighted by Crippen LogP contribution is 2.14. The molecule has 6 nitrogen and oxygen atoms in total. The normalized spacial score (nSPS) is 12.9. The molecule has 0 aromatic heterocycles. The van der Waals surface area contributed by atoms with Gasteiger partial charge >= 0.3 is 17.9 Å². The van der Waals surface area contributed by atoms with Crippen LogP contribution in [0.3, 0.4) is 0 Å². The molecule has 0 aliphatic carbocycles. The van der Waals surface area contributed by atoms with Crippen LogP contribution in [-0.2, 0) is 28.6 Å². The Morgan fingerprint density at radius 2 is 0.641 bits per heavy atom. The van der Waals surface area contributed by atoms with Gasteiger partial charge in [-0.05, 0) is 96.3 Å². The van der Waals surface area contributed by atoms with Gasteiger partial charge in [0.05, 0.1) is 0 Å². The molecule has 0 aromatic carbocycles. The minimum atomic E-state index is -0.792. The van der Waals surface area contributed by atoms with Crippen LogP contribution >= 0.6 is 0 Å². The standard InChI is InChI=1S/C58H96O6/c1-4-7-10-13-16-19-22-25-27-28-29-30-32-33-36-39-42-45-48-51-57(60)63-54-55(53-62-56(59)50-47-44-41-38-35-24-21-18-15-12-9-6-3)64-58(61)52-49-46-43-40-37-34-31-26-23-20-17-14-11-8-5-2/h7-12,14,16-21,23,25,27,55H,4-6,13,15,22,24,26,28-54H2,1-3H3/b10-7-,11-8-,12-9-,17-14-,19-16-,21-18-,23-20-,27-25-. The average molecular weight is 889 g/mol. The highest BCUT2D eigenvalue weighted by Gasteiger charge is 2.19. The Balaban J connectivity index is 4.39. The maximum atomic E-state index is 12.8. The van der Waals surface area contributed by atoms with E-state index in [9.17, 15) is 14.4 Å². The molecule has 6 heteroatoms. The lowest BCUT2D eigenvalue weighted by molar-refractivity contribution is -0.167. The summed E-state index contributed by atoms with van der Waals surface area (Å²) in [4.78, 5) is 38.0. The molecule has 0 bridgehead atoms. The monoisotopic (exact) mass is 889 g/mol. The molecule has 0 aliphatic heterocycles. The van der Waals surface area contributed by atoms with Gasteiger partial charge in [0.2, 0.25) is 0 Å². The molecule has 0 radical (unpaired) electrons. The highest BCUT2D eigenvalue weighted by molar-refractivity contribution is 5.71. The van der Waals surface area contributed by atoms with Gasteiger partial charge in [-0.2, -0.15) is 0 Å². The van der Waals surface area contributed by atoms with Crippen LogP contribution in [0.5, 0.6) is 0 Å². The molecular formula is C58H96O6. The number of carbonyl (C=O) groups excluding carboxylic acids is 3. The van der Waals surface area contributed by atoms with Gasteiger partial charge in [-0.25, -0.2) is 0 Å². The average Bonchev–Trinajstić information content (AvgIpc) is 3.29. The van der Waals surface area contributed by atoms with Gasteiger partial charge in [0.1, 0.15) is 13.2 Å². The maximum Gasteiger partial charge on any atom is 0.306 e. The Bertz CT molecular complexity index is 1300. The summed E-state index contributed by atoms with van der Waals surface area (Å²) in [6.07, 6.45) is 68.2. The largest absolute Gasteiger partial charge is 0.462 e. The van der Waals surface area contributed by atoms with E-state index in [1.807, 2.05) is 0 Å². The van der Waals surface area contributed by atoms with Crippen LogP contribution in [0.25, 0.3) is 0 Å². The fourth-order valence-electron chi connectivity index (χ4n) is 7.02. The van der Waals surface area contributed by atoms with E-state index < -0.39 is 6.10 Å². The summed E-state index contributed by atoms with van der Waals surface area (Å²) in [6, 6.07) is 0. The molecule has 0 N–H and O–H groups in total. The van der Waals surface area contributed by atoms with Crippen LogP contribution in [0.1, 0.15) is 233 Å². The molecule has 0 aliphatic rings. The smallest absolute Gasteiger partial charge is 0.306 e. The van der Waals surface area contributed by atoms with Crippen LogP contribution < -0.4 is 0 Å². The highest BCUT2D eigenvalue weighted by atomic mass is 16.6. The topological polar surface area (TPSA) is 78.9 Å². The summed E-state index contributed by atoms with van der Waals surface area (Å²) in [6.45, 7) is 6.26. The summed E-state index contributed by atoms with van der Waals surface area (Å²) in [5.41, 5.74) is 0. The predicted octanol–water partition coefficient (Wildman–Crippen LogP) is 17.4. The first-order chi connectivity index (χ1) is 31.5. The molecule has 0 spiro atoms. The SMILES string of the molecule is CC\C=C/C=C\C=C/CCCCCCCCCC(=O)OC(COC(=O)CCCCCCC/C=C\C/C=C\CC)COC(=O)CCCCCCCCCCC/C=C\C/C=C\C/C=C\CC. The summed E-state index contributed by atoms with van der Waals surface area (Å²) in [7, 11) is 0. The van der Waals surface area contributed by atoms with Crippen molar-refractivity contribution in [3.05, 3.63) is 97.2 Å². The maximum absolute atomic E-state index is 12.8. The number of hydrogen-bond donors (Lipinski definition) is 0. The Morgan fingerprint density at radius 3 is 1.05 bits per heavy atom. The summed E-state index contributed by atoms with van der Waals surface area (Å²) in [5, 5.41) is 0. The van der Waals surface area contributed by atoms with Crippen molar-refractivity contribution in [2.24, 2.45) is 0 Å². The minimum Gasteiger partial charge on any atom is -0.462 e. The first-order valence-corrected chi connectivity index (χ1v) is 26.3. The van der Waals surface area contributed by atoms with E-state index >= 15 is 0 Å². The van der Waals surface area contributed by atoms with Gasteiger partial charge in [0.15, 0.2) is 6.10 Å². The molecule has 0 amide bonds. The van der Waals surface area contributed by atoms with Crippen molar-refractivity contribution in [2.45, 2.75) is 239 Å². The Labute approximate surface area is 394 Å². The van der Waals surface area contributed by atoms with Gasteiger partial charge in [-0.15, -0.1) is 0 Å². The third-order valence-corrected chi connectivity index (χ3v) is 10.9. The van der Waals surface area contributed by atoms with Gasteiger partial charge in [0.25, 0.3) is 0 Å². The molecular weight excluding hydrogens is 793 g/mol. The van der Waals surface area contributed by atoms with Crippen LogP contribution in [-0.4, -0.2) is 37.2 Å². The molecule has 0 rings (SSSR count). The molecule has 1 unspecified atom stereocenters. The summed E-state index contributed by atoms with van der Waals surface area (Å²) < 4.78 is 16.8. The Morgan fingerprint density at radius 1 is 0.328 bits per heavy atom. The third-order valence-electron chi connectivity index (χ3n) is 10.9. The third kappa shape index (κ3) is 49.3. The Kier molecular flexibility index (Phi) is 49.0. The van der Waals surface area contributed by atoms with Gasteiger partial charge in [-0.1, -0.05) is 214 Å². The molecule has 1 atom stereocenters. The lowest BCUT2D eigenvalue weighted by Crippen LogP contribution is -2.30. The van der Waals surface area contributed by atoms with Gasteiger partial charge < -0.3 is 14.2 Å². The van der Waals surface area contributed by atoms with E-state index in [4.69, 9.17) is 14.2 Å². The predicted molar refractivity (Wildman–Crippen MR) is 274 cm³/mol. The zero-order valence-corrected chi connectivity index (χ0v) is 41.5. The van der Waals surface area contributed by atoms with Crippen molar-refractivity contribution in [2.75, 3.05) is 13.2 Å². The van der Waals surface area contributed by atoms with Crippen molar-refractivity contribution < 1.29 is 28.6 Å². The molecule has 0 aromatic rings. The number of hydrogen-bond acceptors (Lipinski definition) is 6. The number of rotatable bonds is 46. The van der Waals surface area contributed by atoms with Crippen LogP contribution in [0, 0.1) is 0 Å². The zero-order valence-electron chi connectivity index (χ0n) is 41.5. The molecule has 0 saturated carbocycles. The van der Waals surface area contributed by atoms with Crippen molar-refractivity contribution >= 4 is 17.9 Å². The Hall–Kier alpha value is -3.67. The fraction of sp³-hybridized carbons (Fsp3) is 0.672. The zero-order chi connectivity index (χ0) is 46.5. The second kappa shape index (κ2) is 52.0. The van der Waals surface area contributed by atoms with Crippen molar-refractivity contribution in [3.63, 3.8) is 0 Å². The molecule has 0 saturated heterocycles. The number of allylic oxidation sites excluding steroid dienone is 16. The van der Waals surface area contributed by atoms with Gasteiger partial charge in [-0.3, -0.25) is 14.4 Å². The van der Waals surface area contributed by atoms with E-state index in [0.29, 0.717) is 19.3 Å². The minimum absolute atomic E-state index is 0.0909.